The van der Waals surface area contributed by atoms with Gasteiger partial charge in [0, 0.05) is 30.2 Å². The van der Waals surface area contributed by atoms with Gasteiger partial charge in [-0.25, -0.2) is 4.98 Å². The molecule has 3 nitrogen and oxygen atoms in total. The van der Waals surface area contributed by atoms with E-state index >= 15 is 0 Å². The highest BCUT2D eigenvalue weighted by molar-refractivity contribution is 5.83. The van der Waals surface area contributed by atoms with Crippen molar-refractivity contribution >= 4 is 17.4 Å². The number of imidazole rings is 1. The van der Waals surface area contributed by atoms with Crippen LogP contribution in [0.2, 0.25) is 0 Å². The number of hydrogen-bond acceptors (Lipinski definition) is 2. The van der Waals surface area contributed by atoms with Gasteiger partial charge in [-0.2, -0.15) is 0 Å². The normalized spacial score (nSPS) is 19.1. The first-order chi connectivity index (χ1) is 7.79. The van der Waals surface area contributed by atoms with Crippen molar-refractivity contribution in [3.8, 4) is 0 Å². The molecule has 0 aromatic carbocycles. The Morgan fingerprint density at radius 3 is 3.12 bits per heavy atom. The van der Waals surface area contributed by atoms with E-state index in [0.29, 0.717) is 6.04 Å². The van der Waals surface area contributed by atoms with Crippen LogP contribution in [0.1, 0.15) is 25.8 Å². The van der Waals surface area contributed by atoms with Gasteiger partial charge in [-0.05, 0) is 19.4 Å². The maximum absolute atomic E-state index is 4.40. The van der Waals surface area contributed by atoms with Gasteiger partial charge in [0.1, 0.15) is 0 Å². The number of rotatable bonds is 1. The number of aromatic nitrogens is 2. The molecule has 0 spiro atoms. The maximum atomic E-state index is 4.40. The number of nitrogens with one attached hydrogen (secondary N) is 1. The predicted molar refractivity (Wildman–Crippen MR) is 66.5 cm³/mol. The number of anilines is 1. The van der Waals surface area contributed by atoms with Crippen molar-refractivity contribution in [3.05, 3.63) is 35.8 Å². The van der Waals surface area contributed by atoms with Crippen molar-refractivity contribution in [2.75, 3.05) is 5.32 Å². The van der Waals surface area contributed by atoms with E-state index in [0.717, 1.165) is 17.8 Å². The molecule has 2 aromatic heterocycles. The fourth-order valence-corrected chi connectivity index (χ4v) is 2.33. The van der Waals surface area contributed by atoms with E-state index in [1.54, 1.807) is 0 Å². The molecule has 0 radical (unpaired) electrons. The van der Waals surface area contributed by atoms with Crippen LogP contribution in [0.4, 0.5) is 5.69 Å². The number of hydrogen-bond donors (Lipinski definition) is 1. The molecule has 1 aliphatic heterocycles. The van der Waals surface area contributed by atoms with Crippen LogP contribution in [-0.2, 0) is 0 Å². The van der Waals surface area contributed by atoms with Crippen molar-refractivity contribution < 1.29 is 0 Å². The highest BCUT2D eigenvalue weighted by Gasteiger charge is 2.18. The highest BCUT2D eigenvalue weighted by atomic mass is 15.0. The van der Waals surface area contributed by atoms with Crippen LogP contribution in [0.3, 0.4) is 0 Å². The van der Waals surface area contributed by atoms with Crippen LogP contribution in [0.5, 0.6) is 0 Å². The number of fused-ring (bicyclic) bond motifs is 3. The van der Waals surface area contributed by atoms with Gasteiger partial charge in [-0.15, -0.1) is 0 Å². The molecule has 3 heterocycles. The third-order valence-corrected chi connectivity index (χ3v) is 3.26. The van der Waals surface area contributed by atoms with Crippen molar-refractivity contribution in [1.82, 2.24) is 9.38 Å². The summed E-state index contributed by atoms with van der Waals surface area (Å²) in [5, 5.41) is 3.57. The molecule has 3 heteroatoms. The third kappa shape index (κ3) is 1.24. The molecule has 3 rings (SSSR count). The van der Waals surface area contributed by atoms with E-state index in [2.05, 4.69) is 42.5 Å². The van der Waals surface area contributed by atoms with Gasteiger partial charge in [0.15, 0.2) is 5.65 Å². The summed E-state index contributed by atoms with van der Waals surface area (Å²) in [7, 11) is 0. The van der Waals surface area contributed by atoms with Crippen LogP contribution >= 0.6 is 0 Å². The van der Waals surface area contributed by atoms with Gasteiger partial charge >= 0.3 is 0 Å². The lowest BCUT2D eigenvalue weighted by Gasteiger charge is -2.25. The SMILES string of the molecule is CCC1Nc2c(ccn3ccnc23)C=C1C. The van der Waals surface area contributed by atoms with Gasteiger partial charge in [-0.1, -0.05) is 18.6 Å². The second kappa shape index (κ2) is 3.37. The lowest BCUT2D eigenvalue weighted by molar-refractivity contribution is 0.786. The zero-order valence-electron chi connectivity index (χ0n) is 9.57. The van der Waals surface area contributed by atoms with Gasteiger partial charge < -0.3 is 9.72 Å². The Morgan fingerprint density at radius 2 is 2.31 bits per heavy atom. The molecule has 0 amide bonds. The van der Waals surface area contributed by atoms with Crippen LogP contribution < -0.4 is 5.32 Å². The minimum absolute atomic E-state index is 0.440. The summed E-state index contributed by atoms with van der Waals surface area (Å²) in [6, 6.07) is 2.57. The molecule has 82 valence electrons. The monoisotopic (exact) mass is 213 g/mol. The average Bonchev–Trinajstić information content (AvgIpc) is 2.76. The van der Waals surface area contributed by atoms with E-state index in [-0.39, 0.29) is 0 Å². The first-order valence-electron chi connectivity index (χ1n) is 5.70. The van der Waals surface area contributed by atoms with Crippen LogP contribution in [0.15, 0.2) is 30.2 Å². The van der Waals surface area contributed by atoms with Crippen molar-refractivity contribution in [2.45, 2.75) is 26.3 Å². The van der Waals surface area contributed by atoms with E-state index in [1.807, 2.05) is 16.8 Å². The highest BCUT2D eigenvalue weighted by Crippen LogP contribution is 2.30. The molecule has 0 saturated heterocycles. The zero-order valence-corrected chi connectivity index (χ0v) is 9.57. The summed E-state index contributed by atoms with van der Waals surface area (Å²) in [5.41, 5.74) is 4.80. The molecule has 2 aromatic rings. The minimum Gasteiger partial charge on any atom is -0.375 e. The Morgan fingerprint density at radius 1 is 1.44 bits per heavy atom. The van der Waals surface area contributed by atoms with Gasteiger partial charge in [0.05, 0.1) is 5.69 Å². The lowest BCUT2D eigenvalue weighted by Crippen LogP contribution is -2.23. The number of pyridine rings is 1. The molecule has 1 N–H and O–H groups in total. The summed E-state index contributed by atoms with van der Waals surface area (Å²) < 4.78 is 2.05. The molecule has 0 bridgehead atoms. The summed E-state index contributed by atoms with van der Waals surface area (Å²) >= 11 is 0. The second-order valence-corrected chi connectivity index (χ2v) is 4.30. The first kappa shape index (κ1) is 9.46. The van der Waals surface area contributed by atoms with Crippen molar-refractivity contribution in [1.29, 1.82) is 0 Å². The summed E-state index contributed by atoms with van der Waals surface area (Å²) in [6.45, 7) is 4.38. The van der Waals surface area contributed by atoms with Crippen molar-refractivity contribution in [3.63, 3.8) is 0 Å². The number of nitrogens with zero attached hydrogens (tertiary/aromatic N) is 2. The van der Waals surface area contributed by atoms with Crippen LogP contribution in [0.25, 0.3) is 11.7 Å². The molecule has 1 unspecified atom stereocenters. The molecule has 1 aliphatic rings. The fraction of sp³-hybridized carbons (Fsp3) is 0.308. The lowest BCUT2D eigenvalue weighted by atomic mass is 9.98. The molecular formula is C13H15N3. The fourth-order valence-electron chi connectivity index (χ4n) is 2.33. The Bertz CT molecular complexity index is 566. The quantitative estimate of drug-likeness (QED) is 0.789. The molecule has 1 atom stereocenters. The average molecular weight is 213 g/mol. The second-order valence-electron chi connectivity index (χ2n) is 4.30. The molecule has 16 heavy (non-hydrogen) atoms. The Balaban J connectivity index is 2.23. The predicted octanol–water partition coefficient (Wildman–Crippen LogP) is 2.94. The van der Waals surface area contributed by atoms with Gasteiger partial charge in [0.25, 0.3) is 0 Å². The van der Waals surface area contributed by atoms with E-state index in [4.69, 9.17) is 0 Å². The Hall–Kier alpha value is -1.77. The Labute approximate surface area is 94.8 Å². The molecule has 0 fully saturated rings. The summed E-state index contributed by atoms with van der Waals surface area (Å²) in [6.07, 6.45) is 9.23. The Kier molecular flexibility index (Phi) is 1.99. The largest absolute Gasteiger partial charge is 0.375 e. The molecule has 0 aliphatic carbocycles. The maximum Gasteiger partial charge on any atom is 0.160 e. The standard InChI is InChI=1S/C13H15N3/c1-3-11-9(2)8-10-4-6-16-7-5-14-13(16)12(10)15-11/h4-8,11,15H,3H2,1-2H3. The smallest absolute Gasteiger partial charge is 0.160 e. The topological polar surface area (TPSA) is 29.3 Å². The van der Waals surface area contributed by atoms with E-state index in [1.165, 1.54) is 11.1 Å². The minimum atomic E-state index is 0.440. The zero-order chi connectivity index (χ0) is 11.1. The summed E-state index contributed by atoms with van der Waals surface area (Å²) in [5.74, 6) is 0. The van der Waals surface area contributed by atoms with Crippen molar-refractivity contribution in [2.24, 2.45) is 0 Å². The van der Waals surface area contributed by atoms with E-state index < -0.39 is 0 Å². The molecule has 0 saturated carbocycles. The van der Waals surface area contributed by atoms with Crippen LogP contribution in [0, 0.1) is 0 Å². The van der Waals surface area contributed by atoms with Gasteiger partial charge in [0.2, 0.25) is 0 Å². The third-order valence-electron chi connectivity index (χ3n) is 3.26. The summed E-state index contributed by atoms with van der Waals surface area (Å²) in [4.78, 5) is 4.40. The molecular weight excluding hydrogens is 198 g/mol. The van der Waals surface area contributed by atoms with Crippen LogP contribution in [-0.4, -0.2) is 15.4 Å². The first-order valence-corrected chi connectivity index (χ1v) is 5.70. The van der Waals surface area contributed by atoms with Gasteiger partial charge in [-0.3, -0.25) is 0 Å². The van der Waals surface area contributed by atoms with E-state index in [9.17, 15) is 0 Å².